The first-order valence-corrected chi connectivity index (χ1v) is 6.35. The van der Waals surface area contributed by atoms with E-state index >= 15 is 0 Å². The van der Waals surface area contributed by atoms with Crippen molar-refractivity contribution in [3.8, 4) is 0 Å². The maximum Gasteiger partial charge on any atom is 0.266 e. The second kappa shape index (κ2) is 5.74. The lowest BCUT2D eigenvalue weighted by Crippen LogP contribution is -2.28. The number of hydrogen-bond donors (Lipinski definition) is 1. The lowest BCUT2D eigenvalue weighted by molar-refractivity contribution is 0.145. The summed E-state index contributed by atoms with van der Waals surface area (Å²) in [5.41, 5.74) is 0.735. The fourth-order valence-corrected chi connectivity index (χ4v) is 2.64. The molecule has 1 aromatic rings. The number of hydrogen-bond acceptors (Lipinski definition) is 1. The number of halogens is 3. The van der Waals surface area contributed by atoms with Gasteiger partial charge in [0, 0.05) is 0 Å². The Kier molecular flexibility index (Phi) is 4.27. The molecule has 1 aliphatic heterocycles. The summed E-state index contributed by atoms with van der Waals surface area (Å²) in [7, 11) is 0. The second-order valence-electron chi connectivity index (χ2n) is 5.01. The summed E-state index contributed by atoms with van der Waals surface area (Å²) in [4.78, 5) is 0. The third kappa shape index (κ3) is 3.05. The maximum absolute atomic E-state index is 13.6. The molecule has 0 radical (unpaired) electrons. The van der Waals surface area contributed by atoms with Crippen molar-refractivity contribution in [1.29, 1.82) is 0 Å². The quantitative estimate of drug-likeness (QED) is 0.872. The van der Waals surface area contributed by atoms with Crippen LogP contribution in [0.2, 0.25) is 0 Å². The van der Waals surface area contributed by atoms with Crippen LogP contribution in [0, 0.1) is 18.7 Å². The molecule has 0 atom stereocenters. The van der Waals surface area contributed by atoms with Crippen molar-refractivity contribution in [3.05, 3.63) is 34.6 Å². The van der Waals surface area contributed by atoms with E-state index in [1.165, 1.54) is 6.07 Å². The number of benzene rings is 1. The van der Waals surface area contributed by atoms with Gasteiger partial charge in [0.1, 0.15) is 5.82 Å². The first-order valence-electron chi connectivity index (χ1n) is 6.35. The minimum absolute atomic E-state index is 0.355. The molecule has 1 aliphatic rings. The standard InChI is InChI=1S/C14H18F3N/c1-9-6-11(7-10-2-4-18-5-3-10)8-12(15)13(9)14(16)17/h6,8,10,14,18H,2-5,7H2,1H3. The van der Waals surface area contributed by atoms with E-state index in [2.05, 4.69) is 5.32 Å². The first kappa shape index (κ1) is 13.4. The van der Waals surface area contributed by atoms with Gasteiger partial charge in [0.15, 0.2) is 0 Å². The largest absolute Gasteiger partial charge is 0.317 e. The summed E-state index contributed by atoms with van der Waals surface area (Å²) < 4.78 is 38.9. The predicted octanol–water partition coefficient (Wildman–Crippen LogP) is 3.61. The molecule has 4 heteroatoms. The van der Waals surface area contributed by atoms with Crippen LogP contribution in [0.1, 0.15) is 36.0 Å². The monoisotopic (exact) mass is 257 g/mol. The Morgan fingerprint density at radius 2 is 1.94 bits per heavy atom. The maximum atomic E-state index is 13.6. The molecule has 100 valence electrons. The van der Waals surface area contributed by atoms with Crippen molar-refractivity contribution in [3.63, 3.8) is 0 Å². The molecule has 1 N–H and O–H groups in total. The molecular weight excluding hydrogens is 239 g/mol. The van der Waals surface area contributed by atoms with Gasteiger partial charge in [0.05, 0.1) is 5.56 Å². The molecule has 1 heterocycles. The molecule has 0 unspecified atom stereocenters. The topological polar surface area (TPSA) is 12.0 Å². The predicted molar refractivity (Wildman–Crippen MR) is 65.4 cm³/mol. The third-order valence-corrected chi connectivity index (χ3v) is 3.60. The Morgan fingerprint density at radius 3 is 2.50 bits per heavy atom. The second-order valence-corrected chi connectivity index (χ2v) is 5.01. The number of rotatable bonds is 3. The summed E-state index contributed by atoms with van der Waals surface area (Å²) in [6.45, 7) is 3.53. The minimum Gasteiger partial charge on any atom is -0.317 e. The summed E-state index contributed by atoms with van der Waals surface area (Å²) in [6, 6.07) is 2.98. The zero-order chi connectivity index (χ0) is 13.1. The van der Waals surface area contributed by atoms with Crippen LogP contribution in [-0.2, 0) is 6.42 Å². The molecule has 0 aliphatic carbocycles. The zero-order valence-corrected chi connectivity index (χ0v) is 10.5. The van der Waals surface area contributed by atoms with Crippen LogP contribution < -0.4 is 5.32 Å². The fourth-order valence-electron chi connectivity index (χ4n) is 2.64. The number of piperidine rings is 1. The highest BCUT2D eigenvalue weighted by Gasteiger charge is 2.19. The molecule has 1 nitrogen and oxygen atoms in total. The fraction of sp³-hybridized carbons (Fsp3) is 0.571. The summed E-state index contributed by atoms with van der Waals surface area (Å²) >= 11 is 0. The van der Waals surface area contributed by atoms with Crippen molar-refractivity contribution in [2.45, 2.75) is 32.6 Å². The van der Waals surface area contributed by atoms with Crippen LogP contribution in [0.15, 0.2) is 12.1 Å². The number of nitrogens with one attached hydrogen (secondary N) is 1. The minimum atomic E-state index is -2.74. The molecule has 0 spiro atoms. The molecule has 1 saturated heterocycles. The average molecular weight is 257 g/mol. The van der Waals surface area contributed by atoms with Crippen LogP contribution >= 0.6 is 0 Å². The molecule has 1 fully saturated rings. The Morgan fingerprint density at radius 1 is 1.28 bits per heavy atom. The van der Waals surface area contributed by atoms with E-state index in [1.54, 1.807) is 13.0 Å². The van der Waals surface area contributed by atoms with E-state index in [4.69, 9.17) is 0 Å². The van der Waals surface area contributed by atoms with Crippen LogP contribution in [-0.4, -0.2) is 13.1 Å². The van der Waals surface area contributed by atoms with E-state index in [9.17, 15) is 13.2 Å². The van der Waals surface area contributed by atoms with Crippen molar-refractivity contribution in [1.82, 2.24) is 5.32 Å². The molecule has 2 rings (SSSR count). The average Bonchev–Trinajstić information content (AvgIpc) is 2.28. The molecule has 1 aromatic carbocycles. The highest BCUT2D eigenvalue weighted by Crippen LogP contribution is 2.28. The molecular formula is C14H18F3N. The first-order chi connectivity index (χ1) is 8.58. The van der Waals surface area contributed by atoms with E-state index in [1.807, 2.05) is 0 Å². The third-order valence-electron chi connectivity index (χ3n) is 3.60. The van der Waals surface area contributed by atoms with Gasteiger partial charge in [-0.25, -0.2) is 13.2 Å². The lowest BCUT2D eigenvalue weighted by Gasteiger charge is -2.23. The highest BCUT2D eigenvalue weighted by molar-refractivity contribution is 5.33. The van der Waals surface area contributed by atoms with Crippen molar-refractivity contribution < 1.29 is 13.2 Å². The van der Waals surface area contributed by atoms with Crippen molar-refractivity contribution >= 4 is 0 Å². The molecule has 0 amide bonds. The Balaban J connectivity index is 2.14. The van der Waals surface area contributed by atoms with Gasteiger partial charge in [-0.3, -0.25) is 0 Å². The molecule has 0 saturated carbocycles. The number of alkyl halides is 2. The van der Waals surface area contributed by atoms with Gasteiger partial charge in [-0.05, 0) is 62.4 Å². The zero-order valence-electron chi connectivity index (χ0n) is 10.5. The van der Waals surface area contributed by atoms with Crippen molar-refractivity contribution in [2.24, 2.45) is 5.92 Å². The van der Waals surface area contributed by atoms with Crippen LogP contribution in [0.4, 0.5) is 13.2 Å². The van der Waals surface area contributed by atoms with Crippen LogP contribution in [0.5, 0.6) is 0 Å². The van der Waals surface area contributed by atoms with Gasteiger partial charge in [0.2, 0.25) is 0 Å². The Hall–Kier alpha value is -1.03. The summed E-state index contributed by atoms with van der Waals surface area (Å²) in [5.74, 6) is -0.239. The Labute approximate surface area is 105 Å². The summed E-state index contributed by atoms with van der Waals surface area (Å²) in [6.07, 6.45) is 0.176. The van der Waals surface area contributed by atoms with E-state index < -0.39 is 17.8 Å². The van der Waals surface area contributed by atoms with Gasteiger partial charge in [-0.15, -0.1) is 0 Å². The SMILES string of the molecule is Cc1cc(CC2CCNCC2)cc(F)c1C(F)F. The van der Waals surface area contributed by atoms with Gasteiger partial charge in [-0.1, -0.05) is 6.07 Å². The normalized spacial score (nSPS) is 17.4. The van der Waals surface area contributed by atoms with E-state index in [-0.39, 0.29) is 0 Å². The Bertz CT molecular complexity index is 388. The van der Waals surface area contributed by atoms with Gasteiger partial charge >= 0.3 is 0 Å². The highest BCUT2D eigenvalue weighted by atomic mass is 19.3. The van der Waals surface area contributed by atoms with Gasteiger partial charge in [-0.2, -0.15) is 0 Å². The molecule has 0 bridgehead atoms. The van der Waals surface area contributed by atoms with Gasteiger partial charge in [0.25, 0.3) is 6.43 Å². The number of aryl methyl sites for hydroxylation is 1. The van der Waals surface area contributed by atoms with Crippen molar-refractivity contribution in [2.75, 3.05) is 13.1 Å². The lowest BCUT2D eigenvalue weighted by atomic mass is 9.90. The van der Waals surface area contributed by atoms with E-state index in [0.717, 1.165) is 37.9 Å². The van der Waals surface area contributed by atoms with E-state index in [0.29, 0.717) is 11.5 Å². The van der Waals surface area contributed by atoms with Gasteiger partial charge < -0.3 is 5.32 Å². The summed E-state index contributed by atoms with van der Waals surface area (Å²) in [5, 5.41) is 3.27. The smallest absolute Gasteiger partial charge is 0.266 e. The van der Waals surface area contributed by atoms with Crippen LogP contribution in [0.3, 0.4) is 0 Å². The molecule has 0 aromatic heterocycles. The van der Waals surface area contributed by atoms with Crippen LogP contribution in [0.25, 0.3) is 0 Å². The molecule has 18 heavy (non-hydrogen) atoms.